The van der Waals surface area contributed by atoms with Gasteiger partial charge in [0.15, 0.2) is 15.7 Å². The van der Waals surface area contributed by atoms with E-state index in [2.05, 4.69) is 27.0 Å². The molecule has 0 spiro atoms. The predicted molar refractivity (Wildman–Crippen MR) is 85.9 cm³/mol. The minimum atomic E-state index is -3.35. The molecule has 3 rings (SSSR count). The minimum Gasteiger partial charge on any atom is -0.355 e. The zero-order valence-corrected chi connectivity index (χ0v) is 13.6. The van der Waals surface area contributed by atoms with Gasteiger partial charge in [-0.1, -0.05) is 24.3 Å². The molecular formula is C16H19N3O2S. The molecule has 1 aromatic carbocycles. The van der Waals surface area contributed by atoms with E-state index in [9.17, 15) is 8.42 Å². The molecular weight excluding hydrogens is 298 g/mol. The normalized spacial score (nSPS) is 15.3. The van der Waals surface area contributed by atoms with E-state index in [1.54, 1.807) is 6.92 Å². The number of anilines is 1. The van der Waals surface area contributed by atoms with Crippen LogP contribution in [-0.4, -0.2) is 37.7 Å². The predicted octanol–water partition coefficient (Wildman–Crippen LogP) is 1.79. The van der Waals surface area contributed by atoms with Gasteiger partial charge in [0.25, 0.3) is 0 Å². The molecule has 1 aliphatic heterocycles. The van der Waals surface area contributed by atoms with Crippen LogP contribution in [-0.2, 0) is 22.7 Å². The maximum Gasteiger partial charge on any atom is 0.180 e. The summed E-state index contributed by atoms with van der Waals surface area (Å²) in [4.78, 5) is 10.7. The molecule has 0 saturated heterocycles. The van der Waals surface area contributed by atoms with Gasteiger partial charge < -0.3 is 4.90 Å². The molecule has 116 valence electrons. The lowest BCUT2D eigenvalue weighted by atomic mass is 10.0. The lowest BCUT2D eigenvalue weighted by Crippen LogP contribution is -2.29. The Morgan fingerprint density at radius 2 is 1.68 bits per heavy atom. The molecule has 1 aromatic heterocycles. The fourth-order valence-electron chi connectivity index (χ4n) is 2.81. The van der Waals surface area contributed by atoms with E-state index >= 15 is 0 Å². The van der Waals surface area contributed by atoms with Gasteiger partial charge in [-0.15, -0.1) is 0 Å². The molecule has 1 aliphatic rings. The largest absolute Gasteiger partial charge is 0.355 e. The lowest BCUT2D eigenvalue weighted by molar-refractivity contribution is 0.600. The van der Waals surface area contributed by atoms with Crippen molar-refractivity contribution in [2.45, 2.75) is 24.7 Å². The average Bonchev–Trinajstić information content (AvgIpc) is 2.68. The fourth-order valence-corrected chi connectivity index (χ4v) is 3.57. The third-order valence-electron chi connectivity index (χ3n) is 3.98. The minimum absolute atomic E-state index is 0.212. The summed E-state index contributed by atoms with van der Waals surface area (Å²) in [6.07, 6.45) is 4.41. The van der Waals surface area contributed by atoms with Crippen LogP contribution in [0.25, 0.3) is 0 Å². The highest BCUT2D eigenvalue weighted by molar-refractivity contribution is 7.90. The highest BCUT2D eigenvalue weighted by atomic mass is 32.2. The molecule has 6 heteroatoms. The second-order valence-electron chi connectivity index (χ2n) is 5.63. The van der Waals surface area contributed by atoms with E-state index in [1.807, 2.05) is 12.1 Å². The van der Waals surface area contributed by atoms with Crippen molar-refractivity contribution in [3.05, 3.63) is 47.4 Å². The maximum absolute atomic E-state index is 12.0. The molecule has 0 aliphatic carbocycles. The van der Waals surface area contributed by atoms with Gasteiger partial charge in [-0.05, 0) is 30.9 Å². The summed E-state index contributed by atoms with van der Waals surface area (Å²) in [5.74, 6) is 1.12. The van der Waals surface area contributed by atoms with E-state index in [-0.39, 0.29) is 4.90 Å². The number of fused-ring (bicyclic) bond motifs is 1. The highest BCUT2D eigenvalue weighted by Gasteiger charge is 2.22. The summed E-state index contributed by atoms with van der Waals surface area (Å²) in [6.45, 7) is 3.30. The van der Waals surface area contributed by atoms with Gasteiger partial charge in [-0.25, -0.2) is 18.4 Å². The van der Waals surface area contributed by atoms with Crippen molar-refractivity contribution in [3.8, 4) is 0 Å². The van der Waals surface area contributed by atoms with Crippen molar-refractivity contribution >= 4 is 15.7 Å². The van der Waals surface area contributed by atoms with Crippen LogP contribution in [0.5, 0.6) is 0 Å². The topological polar surface area (TPSA) is 63.2 Å². The Kier molecular flexibility index (Phi) is 3.87. The van der Waals surface area contributed by atoms with Crippen molar-refractivity contribution in [2.75, 3.05) is 24.2 Å². The highest BCUT2D eigenvalue weighted by Crippen LogP contribution is 2.25. The molecule has 0 fully saturated rings. The molecule has 2 heterocycles. The van der Waals surface area contributed by atoms with E-state index in [4.69, 9.17) is 0 Å². The van der Waals surface area contributed by atoms with Crippen molar-refractivity contribution in [1.82, 2.24) is 9.97 Å². The second kappa shape index (κ2) is 5.68. The Morgan fingerprint density at radius 3 is 2.23 bits per heavy atom. The Morgan fingerprint density at radius 1 is 1.09 bits per heavy atom. The van der Waals surface area contributed by atoms with Crippen LogP contribution in [0, 0.1) is 6.92 Å². The van der Waals surface area contributed by atoms with E-state index < -0.39 is 9.84 Å². The van der Waals surface area contributed by atoms with Gasteiger partial charge in [0.1, 0.15) is 10.7 Å². The first-order valence-electron chi connectivity index (χ1n) is 7.30. The summed E-state index contributed by atoms with van der Waals surface area (Å²) >= 11 is 0. The zero-order chi connectivity index (χ0) is 15.7. The average molecular weight is 317 g/mol. The summed E-state index contributed by atoms with van der Waals surface area (Å²) in [5, 5.41) is 0. The summed E-state index contributed by atoms with van der Waals surface area (Å²) in [6, 6.07) is 8.37. The SMILES string of the molecule is Cc1ncc(S(C)(=O)=O)c(N2CCc3ccccc3CC2)n1. The van der Waals surface area contributed by atoms with Crippen LogP contribution < -0.4 is 4.90 Å². The summed E-state index contributed by atoms with van der Waals surface area (Å²) in [5.41, 5.74) is 2.66. The molecule has 5 nitrogen and oxygen atoms in total. The van der Waals surface area contributed by atoms with Gasteiger partial charge >= 0.3 is 0 Å². The Bertz CT molecular complexity index is 776. The van der Waals surface area contributed by atoms with Crippen molar-refractivity contribution in [2.24, 2.45) is 0 Å². The van der Waals surface area contributed by atoms with E-state index in [1.165, 1.54) is 23.6 Å². The van der Waals surface area contributed by atoms with Gasteiger partial charge in [-0.3, -0.25) is 0 Å². The van der Waals surface area contributed by atoms with Gasteiger partial charge in [0.05, 0.1) is 6.20 Å². The number of aryl methyl sites for hydroxylation is 1. The lowest BCUT2D eigenvalue weighted by Gasteiger charge is -2.23. The zero-order valence-electron chi connectivity index (χ0n) is 12.8. The first kappa shape index (κ1) is 15.0. The smallest absolute Gasteiger partial charge is 0.180 e. The summed E-state index contributed by atoms with van der Waals surface area (Å²) in [7, 11) is -3.35. The summed E-state index contributed by atoms with van der Waals surface area (Å²) < 4.78 is 24.0. The quantitative estimate of drug-likeness (QED) is 0.845. The van der Waals surface area contributed by atoms with Crippen LogP contribution >= 0.6 is 0 Å². The van der Waals surface area contributed by atoms with E-state index in [0.29, 0.717) is 11.6 Å². The number of hydrogen-bond donors (Lipinski definition) is 0. The number of nitrogens with zero attached hydrogens (tertiary/aromatic N) is 3. The van der Waals surface area contributed by atoms with Crippen LogP contribution in [0.3, 0.4) is 0 Å². The molecule has 0 amide bonds. The van der Waals surface area contributed by atoms with Crippen molar-refractivity contribution in [3.63, 3.8) is 0 Å². The van der Waals surface area contributed by atoms with Gasteiger partial charge in [-0.2, -0.15) is 0 Å². The van der Waals surface area contributed by atoms with Crippen molar-refractivity contribution in [1.29, 1.82) is 0 Å². The molecule has 0 N–H and O–H groups in total. The third kappa shape index (κ3) is 2.97. The third-order valence-corrected chi connectivity index (χ3v) is 5.06. The molecule has 2 aromatic rings. The van der Waals surface area contributed by atoms with E-state index in [0.717, 1.165) is 25.9 Å². The Balaban J connectivity index is 1.98. The number of aromatic nitrogens is 2. The number of hydrogen-bond acceptors (Lipinski definition) is 5. The standard InChI is InChI=1S/C16H19N3O2S/c1-12-17-11-15(22(2,20)21)16(18-12)19-9-7-13-5-3-4-6-14(13)8-10-19/h3-6,11H,7-10H2,1-2H3. The number of benzene rings is 1. The molecule has 0 radical (unpaired) electrons. The molecule has 0 bridgehead atoms. The molecule has 0 atom stereocenters. The number of sulfone groups is 1. The number of rotatable bonds is 2. The van der Waals surface area contributed by atoms with Crippen LogP contribution in [0.4, 0.5) is 5.82 Å². The Hall–Kier alpha value is -1.95. The monoisotopic (exact) mass is 317 g/mol. The van der Waals surface area contributed by atoms with Crippen LogP contribution in [0.1, 0.15) is 17.0 Å². The molecule has 0 unspecified atom stereocenters. The first-order chi connectivity index (χ1) is 10.4. The molecule has 22 heavy (non-hydrogen) atoms. The fraction of sp³-hybridized carbons (Fsp3) is 0.375. The second-order valence-corrected chi connectivity index (χ2v) is 7.62. The van der Waals surface area contributed by atoms with Crippen LogP contribution in [0.15, 0.2) is 35.4 Å². The van der Waals surface area contributed by atoms with Gasteiger partial charge in [0.2, 0.25) is 0 Å². The van der Waals surface area contributed by atoms with Crippen molar-refractivity contribution < 1.29 is 8.42 Å². The first-order valence-corrected chi connectivity index (χ1v) is 9.20. The molecule has 0 saturated carbocycles. The van der Waals surface area contributed by atoms with Gasteiger partial charge in [0, 0.05) is 19.3 Å². The maximum atomic E-state index is 12.0. The Labute approximate surface area is 130 Å². The van der Waals surface area contributed by atoms with Crippen LogP contribution in [0.2, 0.25) is 0 Å².